The number of anilines is 1. The summed E-state index contributed by atoms with van der Waals surface area (Å²) in [5.74, 6) is -0.573. The quantitative estimate of drug-likeness (QED) is 0.862. The fourth-order valence-electron chi connectivity index (χ4n) is 1.54. The summed E-state index contributed by atoms with van der Waals surface area (Å²) in [4.78, 5) is 15.0. The Kier molecular flexibility index (Phi) is 3.65. The lowest BCUT2D eigenvalue weighted by atomic mass is 10.3. The van der Waals surface area contributed by atoms with Crippen molar-refractivity contribution in [3.8, 4) is 5.69 Å². The average molecular weight is 264 g/mol. The van der Waals surface area contributed by atoms with E-state index in [9.17, 15) is 13.6 Å². The van der Waals surface area contributed by atoms with Crippen molar-refractivity contribution in [1.29, 1.82) is 0 Å². The number of hydrogen-bond donors (Lipinski definition) is 1. The van der Waals surface area contributed by atoms with Crippen molar-refractivity contribution in [2.75, 3.05) is 5.32 Å². The normalized spacial score (nSPS) is 10.5. The molecule has 1 N–H and O–H groups in total. The maximum atomic E-state index is 13.1. The molecule has 0 saturated carbocycles. The predicted octanol–water partition coefficient (Wildman–Crippen LogP) is 2.33. The molecule has 0 fully saturated rings. The van der Waals surface area contributed by atoms with Crippen LogP contribution in [0.1, 0.15) is 12.1 Å². The zero-order valence-corrected chi connectivity index (χ0v) is 9.75. The van der Waals surface area contributed by atoms with E-state index in [0.717, 1.165) is 10.8 Å². The molecule has 7 heteroatoms. The van der Waals surface area contributed by atoms with E-state index >= 15 is 0 Å². The van der Waals surface area contributed by atoms with Crippen molar-refractivity contribution in [3.05, 3.63) is 49.1 Å². The third kappa shape index (κ3) is 2.65. The second-order valence-electron chi connectivity index (χ2n) is 3.55. The Bertz CT molecular complexity index is 595. The van der Waals surface area contributed by atoms with Crippen LogP contribution >= 0.6 is 0 Å². The number of aromatic nitrogens is 3. The molecule has 0 aliphatic heterocycles. The third-order valence-corrected chi connectivity index (χ3v) is 2.36. The highest BCUT2D eigenvalue weighted by molar-refractivity contribution is 5.99. The number of nitrogens with one attached hydrogen (secondary N) is 1. The largest absolute Gasteiger partial charge is 0.319 e. The first-order valence-electron chi connectivity index (χ1n) is 5.33. The molecule has 0 aliphatic rings. The zero-order chi connectivity index (χ0) is 13.8. The Morgan fingerprint density at radius 2 is 2.11 bits per heavy atom. The number of amides is 1. The van der Waals surface area contributed by atoms with Gasteiger partial charge in [0.2, 0.25) is 5.91 Å². The van der Waals surface area contributed by atoms with Crippen LogP contribution < -0.4 is 5.32 Å². The highest BCUT2D eigenvalue weighted by atomic mass is 19.3. The van der Waals surface area contributed by atoms with Gasteiger partial charge < -0.3 is 5.32 Å². The van der Waals surface area contributed by atoms with Gasteiger partial charge in [0.25, 0.3) is 6.43 Å². The summed E-state index contributed by atoms with van der Waals surface area (Å²) in [5.41, 5.74) is 0.00233. The van der Waals surface area contributed by atoms with Crippen LogP contribution in [-0.2, 0) is 4.79 Å². The SMILES string of the molecule is C=CC(=O)Nc1cnn(-c2ccncc2)c1C(F)F. The molecule has 1 amide bonds. The minimum Gasteiger partial charge on any atom is -0.319 e. The van der Waals surface area contributed by atoms with E-state index in [2.05, 4.69) is 22.0 Å². The van der Waals surface area contributed by atoms with Gasteiger partial charge in [0.15, 0.2) is 0 Å². The Morgan fingerprint density at radius 1 is 1.42 bits per heavy atom. The maximum absolute atomic E-state index is 13.1. The number of alkyl halides is 2. The van der Waals surface area contributed by atoms with E-state index < -0.39 is 12.3 Å². The van der Waals surface area contributed by atoms with Gasteiger partial charge in [0, 0.05) is 12.4 Å². The first kappa shape index (κ1) is 12.9. The molecule has 0 bridgehead atoms. The number of nitrogens with zero attached hydrogens (tertiary/aromatic N) is 3. The van der Waals surface area contributed by atoms with Crippen LogP contribution in [0.4, 0.5) is 14.5 Å². The van der Waals surface area contributed by atoms with Crippen LogP contribution in [0.2, 0.25) is 0 Å². The van der Waals surface area contributed by atoms with Crippen molar-refractivity contribution >= 4 is 11.6 Å². The number of hydrogen-bond acceptors (Lipinski definition) is 3. The maximum Gasteiger partial charge on any atom is 0.282 e. The third-order valence-electron chi connectivity index (χ3n) is 2.36. The molecule has 19 heavy (non-hydrogen) atoms. The lowest BCUT2D eigenvalue weighted by Crippen LogP contribution is -2.10. The summed E-state index contributed by atoms with van der Waals surface area (Å²) in [6, 6.07) is 3.08. The molecule has 0 radical (unpaired) electrons. The summed E-state index contributed by atoms with van der Waals surface area (Å²) in [7, 11) is 0. The van der Waals surface area contributed by atoms with Crippen molar-refractivity contribution in [3.63, 3.8) is 0 Å². The Labute approximate surface area is 107 Å². The lowest BCUT2D eigenvalue weighted by molar-refractivity contribution is -0.111. The highest BCUT2D eigenvalue weighted by Gasteiger charge is 2.21. The second kappa shape index (κ2) is 5.38. The van der Waals surface area contributed by atoms with Gasteiger partial charge in [-0.05, 0) is 18.2 Å². The van der Waals surface area contributed by atoms with E-state index in [4.69, 9.17) is 0 Å². The van der Waals surface area contributed by atoms with Crippen LogP contribution in [0, 0.1) is 0 Å². The number of carbonyl (C=O) groups is 1. The van der Waals surface area contributed by atoms with Crippen LogP contribution in [0.3, 0.4) is 0 Å². The Balaban J connectivity index is 2.46. The predicted molar refractivity (Wildman–Crippen MR) is 65.1 cm³/mol. The number of pyridine rings is 1. The molecule has 2 aromatic rings. The molecular weight excluding hydrogens is 254 g/mol. The summed E-state index contributed by atoms with van der Waals surface area (Å²) in [5, 5.41) is 6.15. The molecule has 5 nitrogen and oxygen atoms in total. The molecule has 0 atom stereocenters. The molecule has 2 heterocycles. The van der Waals surface area contributed by atoms with Crippen LogP contribution in [0.5, 0.6) is 0 Å². The van der Waals surface area contributed by atoms with Gasteiger partial charge in [0.05, 0.1) is 17.6 Å². The van der Waals surface area contributed by atoms with Gasteiger partial charge in [-0.25, -0.2) is 13.5 Å². The molecular formula is C12H10F2N4O. The van der Waals surface area contributed by atoms with Gasteiger partial charge in [-0.1, -0.05) is 6.58 Å². The standard InChI is InChI=1S/C12H10F2N4O/c1-2-10(19)17-9-7-16-18(11(9)12(13)14)8-3-5-15-6-4-8/h2-7,12H,1H2,(H,17,19). The molecule has 2 aromatic heterocycles. The lowest BCUT2D eigenvalue weighted by Gasteiger charge is -2.08. The summed E-state index contributed by atoms with van der Waals surface area (Å²) in [6.45, 7) is 3.26. The first-order chi connectivity index (χ1) is 9.13. The van der Waals surface area contributed by atoms with Crippen LogP contribution in [0.25, 0.3) is 5.69 Å². The molecule has 0 spiro atoms. The molecule has 0 aliphatic carbocycles. The van der Waals surface area contributed by atoms with Gasteiger partial charge >= 0.3 is 0 Å². The minimum absolute atomic E-state index is 0.0447. The summed E-state index contributed by atoms with van der Waals surface area (Å²) < 4.78 is 27.3. The summed E-state index contributed by atoms with van der Waals surface area (Å²) >= 11 is 0. The van der Waals surface area contributed by atoms with Gasteiger partial charge in [-0.3, -0.25) is 9.78 Å². The summed E-state index contributed by atoms with van der Waals surface area (Å²) in [6.07, 6.45) is 2.32. The number of carbonyl (C=O) groups excluding carboxylic acids is 1. The fraction of sp³-hybridized carbons (Fsp3) is 0.0833. The van der Waals surface area contributed by atoms with Crippen molar-refractivity contribution in [2.24, 2.45) is 0 Å². The average Bonchev–Trinajstić information content (AvgIpc) is 2.83. The second-order valence-corrected chi connectivity index (χ2v) is 3.55. The Morgan fingerprint density at radius 3 is 2.68 bits per heavy atom. The molecule has 0 unspecified atom stereocenters. The van der Waals surface area contributed by atoms with Gasteiger partial charge in [-0.2, -0.15) is 5.10 Å². The Hall–Kier alpha value is -2.57. The van der Waals surface area contributed by atoms with Crippen LogP contribution in [0.15, 0.2) is 43.4 Å². The van der Waals surface area contributed by atoms with Crippen LogP contribution in [-0.4, -0.2) is 20.7 Å². The molecule has 98 valence electrons. The van der Waals surface area contributed by atoms with E-state index in [-0.39, 0.29) is 11.4 Å². The monoisotopic (exact) mass is 264 g/mol. The van der Waals surface area contributed by atoms with Crippen molar-refractivity contribution in [2.45, 2.75) is 6.43 Å². The van der Waals surface area contributed by atoms with E-state index in [1.54, 1.807) is 0 Å². The molecule has 0 aromatic carbocycles. The van der Waals surface area contributed by atoms with Gasteiger partial charge in [-0.15, -0.1) is 0 Å². The molecule has 0 saturated heterocycles. The first-order valence-corrected chi connectivity index (χ1v) is 5.33. The van der Waals surface area contributed by atoms with E-state index in [0.29, 0.717) is 5.69 Å². The molecule has 2 rings (SSSR count). The highest BCUT2D eigenvalue weighted by Crippen LogP contribution is 2.29. The van der Waals surface area contributed by atoms with Crippen molar-refractivity contribution in [1.82, 2.24) is 14.8 Å². The smallest absolute Gasteiger partial charge is 0.282 e. The number of halogens is 2. The van der Waals surface area contributed by atoms with Crippen molar-refractivity contribution < 1.29 is 13.6 Å². The zero-order valence-electron chi connectivity index (χ0n) is 9.75. The van der Waals surface area contributed by atoms with E-state index in [1.807, 2.05) is 0 Å². The van der Waals surface area contributed by atoms with Gasteiger partial charge in [0.1, 0.15) is 5.69 Å². The topological polar surface area (TPSA) is 59.8 Å². The van der Waals surface area contributed by atoms with E-state index in [1.165, 1.54) is 30.7 Å². The minimum atomic E-state index is -2.78. The number of rotatable bonds is 4. The fourth-order valence-corrected chi connectivity index (χ4v) is 1.54.